The van der Waals surface area contributed by atoms with Gasteiger partial charge < -0.3 is 10.6 Å². The zero-order valence-corrected chi connectivity index (χ0v) is 11.3. The molecule has 1 fully saturated rings. The van der Waals surface area contributed by atoms with Gasteiger partial charge in [0.2, 0.25) is 11.8 Å². The lowest BCUT2D eigenvalue weighted by Gasteiger charge is -2.25. The molecule has 0 atom stereocenters. The Morgan fingerprint density at radius 1 is 1.56 bits per heavy atom. The fraction of sp³-hybridized carbons (Fsp3) is 0.545. The van der Waals surface area contributed by atoms with E-state index in [-0.39, 0.29) is 24.9 Å². The van der Waals surface area contributed by atoms with Crippen LogP contribution in [0.3, 0.4) is 0 Å². The largest absolute Gasteiger partial charge is 0.354 e. The number of hydrogen-bond donors (Lipinski definition) is 2. The lowest BCUT2D eigenvalue weighted by Crippen LogP contribution is -2.49. The average molecular weight is 268 g/mol. The second-order valence-electron chi connectivity index (χ2n) is 4.27. The minimum Gasteiger partial charge on any atom is -0.354 e. The quantitative estimate of drug-likeness (QED) is 0.817. The SMILES string of the molecule is Cc1nc(NC(=O)CN2CCNC(=O)C2)sc1C. The Bertz CT molecular complexity index is 452. The summed E-state index contributed by atoms with van der Waals surface area (Å²) in [5.41, 5.74) is 0.938. The van der Waals surface area contributed by atoms with Crippen molar-refractivity contribution >= 4 is 28.3 Å². The molecule has 1 saturated heterocycles. The minimum atomic E-state index is -0.126. The van der Waals surface area contributed by atoms with Gasteiger partial charge in [-0.3, -0.25) is 14.5 Å². The van der Waals surface area contributed by atoms with Crippen LogP contribution in [0.25, 0.3) is 0 Å². The number of rotatable bonds is 3. The predicted molar refractivity (Wildman–Crippen MR) is 69.7 cm³/mol. The molecule has 0 bridgehead atoms. The second kappa shape index (κ2) is 5.45. The number of amides is 2. The van der Waals surface area contributed by atoms with Crippen LogP contribution in [-0.2, 0) is 9.59 Å². The van der Waals surface area contributed by atoms with E-state index in [9.17, 15) is 9.59 Å². The van der Waals surface area contributed by atoms with Crippen molar-refractivity contribution in [2.45, 2.75) is 13.8 Å². The van der Waals surface area contributed by atoms with Crippen LogP contribution < -0.4 is 10.6 Å². The Kier molecular flexibility index (Phi) is 3.93. The summed E-state index contributed by atoms with van der Waals surface area (Å²) in [6.07, 6.45) is 0. The van der Waals surface area contributed by atoms with Crippen molar-refractivity contribution in [3.8, 4) is 0 Å². The molecule has 0 aliphatic carbocycles. The first kappa shape index (κ1) is 13.0. The molecule has 1 aromatic heterocycles. The number of anilines is 1. The van der Waals surface area contributed by atoms with Gasteiger partial charge in [-0.15, -0.1) is 11.3 Å². The molecule has 1 aliphatic heterocycles. The first-order valence-corrected chi connectivity index (χ1v) is 6.59. The third-order valence-corrected chi connectivity index (χ3v) is 3.75. The monoisotopic (exact) mass is 268 g/mol. The van der Waals surface area contributed by atoms with Crippen molar-refractivity contribution in [2.75, 3.05) is 31.5 Å². The molecule has 0 spiro atoms. The lowest BCUT2D eigenvalue weighted by atomic mass is 10.3. The van der Waals surface area contributed by atoms with E-state index < -0.39 is 0 Å². The highest BCUT2D eigenvalue weighted by atomic mass is 32.1. The third-order valence-electron chi connectivity index (χ3n) is 2.76. The molecule has 0 aromatic carbocycles. The highest BCUT2D eigenvalue weighted by molar-refractivity contribution is 7.15. The maximum atomic E-state index is 11.8. The van der Waals surface area contributed by atoms with Crippen LogP contribution in [0.4, 0.5) is 5.13 Å². The van der Waals surface area contributed by atoms with Crippen molar-refractivity contribution in [1.82, 2.24) is 15.2 Å². The van der Waals surface area contributed by atoms with Gasteiger partial charge in [0.15, 0.2) is 5.13 Å². The van der Waals surface area contributed by atoms with Crippen LogP contribution in [0, 0.1) is 13.8 Å². The maximum absolute atomic E-state index is 11.8. The molecule has 1 aromatic rings. The number of aromatic nitrogens is 1. The maximum Gasteiger partial charge on any atom is 0.240 e. The van der Waals surface area contributed by atoms with E-state index in [4.69, 9.17) is 0 Å². The number of hydrogen-bond acceptors (Lipinski definition) is 5. The van der Waals surface area contributed by atoms with Crippen LogP contribution in [0.15, 0.2) is 0 Å². The number of piperazine rings is 1. The molecule has 18 heavy (non-hydrogen) atoms. The Labute approximate surface area is 109 Å². The Hall–Kier alpha value is -1.47. The van der Waals surface area contributed by atoms with Crippen molar-refractivity contribution in [3.63, 3.8) is 0 Å². The average Bonchev–Trinajstić information content (AvgIpc) is 2.57. The molecule has 2 rings (SSSR count). The van der Waals surface area contributed by atoms with Crippen LogP contribution in [0.2, 0.25) is 0 Å². The van der Waals surface area contributed by atoms with Gasteiger partial charge in [0.05, 0.1) is 18.8 Å². The molecule has 2 amide bonds. The van der Waals surface area contributed by atoms with Crippen LogP contribution in [-0.4, -0.2) is 47.9 Å². The fourth-order valence-corrected chi connectivity index (χ4v) is 2.55. The van der Waals surface area contributed by atoms with Crippen LogP contribution in [0.5, 0.6) is 0 Å². The first-order valence-electron chi connectivity index (χ1n) is 5.77. The van der Waals surface area contributed by atoms with E-state index in [0.717, 1.165) is 10.6 Å². The van der Waals surface area contributed by atoms with E-state index >= 15 is 0 Å². The fourth-order valence-electron chi connectivity index (χ4n) is 1.71. The normalized spacial score (nSPS) is 16.4. The zero-order valence-electron chi connectivity index (χ0n) is 10.4. The smallest absolute Gasteiger partial charge is 0.240 e. The van der Waals surface area contributed by atoms with Gasteiger partial charge in [-0.25, -0.2) is 4.98 Å². The standard InChI is InChI=1S/C11H16N4O2S/c1-7-8(2)18-11(13-7)14-10(17)6-15-4-3-12-9(16)5-15/h3-6H2,1-2H3,(H,12,16)(H,13,14,17). The molecule has 7 heteroatoms. The third kappa shape index (κ3) is 3.27. The molecule has 0 unspecified atom stereocenters. The summed E-state index contributed by atoms with van der Waals surface area (Å²) < 4.78 is 0. The summed E-state index contributed by atoms with van der Waals surface area (Å²) in [5.74, 6) is -0.159. The highest BCUT2D eigenvalue weighted by Crippen LogP contribution is 2.20. The molecular formula is C11H16N4O2S. The van der Waals surface area contributed by atoms with Gasteiger partial charge in [-0.2, -0.15) is 0 Å². The van der Waals surface area contributed by atoms with Gasteiger partial charge in [0, 0.05) is 18.0 Å². The van der Waals surface area contributed by atoms with Gasteiger partial charge in [0.1, 0.15) is 0 Å². The molecule has 2 N–H and O–H groups in total. The number of carbonyl (C=O) groups excluding carboxylic acids is 2. The Balaban J connectivity index is 1.86. The summed E-state index contributed by atoms with van der Waals surface area (Å²) in [6, 6.07) is 0. The Morgan fingerprint density at radius 3 is 2.94 bits per heavy atom. The number of nitrogens with zero attached hydrogens (tertiary/aromatic N) is 2. The second-order valence-corrected chi connectivity index (χ2v) is 5.47. The lowest BCUT2D eigenvalue weighted by molar-refractivity contribution is -0.125. The van der Waals surface area contributed by atoms with Gasteiger partial charge in [-0.1, -0.05) is 0 Å². The van der Waals surface area contributed by atoms with Crippen molar-refractivity contribution in [3.05, 3.63) is 10.6 Å². The van der Waals surface area contributed by atoms with Crippen LogP contribution in [0.1, 0.15) is 10.6 Å². The van der Waals surface area contributed by atoms with Crippen LogP contribution >= 0.6 is 11.3 Å². The first-order chi connectivity index (χ1) is 8.54. The van der Waals surface area contributed by atoms with E-state index in [0.29, 0.717) is 18.2 Å². The molecule has 0 saturated carbocycles. The van der Waals surface area contributed by atoms with Crippen molar-refractivity contribution in [2.24, 2.45) is 0 Å². The minimum absolute atomic E-state index is 0.0324. The predicted octanol–water partition coefficient (Wildman–Crippen LogP) is 0.130. The van der Waals surface area contributed by atoms with E-state index in [1.54, 1.807) is 0 Å². The van der Waals surface area contributed by atoms with E-state index in [1.807, 2.05) is 18.7 Å². The van der Waals surface area contributed by atoms with Crippen molar-refractivity contribution < 1.29 is 9.59 Å². The molecule has 98 valence electrons. The molecular weight excluding hydrogens is 252 g/mol. The van der Waals surface area contributed by atoms with E-state index in [2.05, 4.69) is 15.6 Å². The summed E-state index contributed by atoms with van der Waals surface area (Å²) in [6.45, 7) is 5.69. The topological polar surface area (TPSA) is 74.3 Å². The number of carbonyl (C=O) groups is 2. The summed E-state index contributed by atoms with van der Waals surface area (Å²) in [4.78, 5) is 30.1. The number of thiazole rings is 1. The highest BCUT2D eigenvalue weighted by Gasteiger charge is 2.19. The van der Waals surface area contributed by atoms with Gasteiger partial charge >= 0.3 is 0 Å². The van der Waals surface area contributed by atoms with Gasteiger partial charge in [0.25, 0.3) is 0 Å². The molecule has 0 radical (unpaired) electrons. The van der Waals surface area contributed by atoms with E-state index in [1.165, 1.54) is 11.3 Å². The Morgan fingerprint density at radius 2 is 2.33 bits per heavy atom. The molecule has 2 heterocycles. The summed E-state index contributed by atoms with van der Waals surface area (Å²) in [7, 11) is 0. The number of nitrogens with one attached hydrogen (secondary N) is 2. The molecule has 1 aliphatic rings. The summed E-state index contributed by atoms with van der Waals surface area (Å²) >= 11 is 1.46. The van der Waals surface area contributed by atoms with Crippen molar-refractivity contribution in [1.29, 1.82) is 0 Å². The zero-order chi connectivity index (χ0) is 13.1. The number of aryl methyl sites for hydroxylation is 2. The summed E-state index contributed by atoms with van der Waals surface area (Å²) in [5, 5.41) is 6.11. The molecule has 6 nitrogen and oxygen atoms in total. The van der Waals surface area contributed by atoms with Gasteiger partial charge in [-0.05, 0) is 13.8 Å².